The number of esters is 1. The predicted molar refractivity (Wildman–Crippen MR) is 94.2 cm³/mol. The van der Waals surface area contributed by atoms with Crippen LogP contribution in [-0.4, -0.2) is 59.5 Å². The van der Waals surface area contributed by atoms with Crippen molar-refractivity contribution in [1.29, 1.82) is 0 Å². The predicted octanol–water partition coefficient (Wildman–Crippen LogP) is 1.97. The number of carbonyl (C=O) groups excluding carboxylic acids is 2. The fraction of sp³-hybridized carbons (Fsp3) is 0.588. The van der Waals surface area contributed by atoms with Crippen molar-refractivity contribution in [2.24, 2.45) is 7.05 Å². The summed E-state index contributed by atoms with van der Waals surface area (Å²) >= 11 is 6.18. The van der Waals surface area contributed by atoms with Crippen LogP contribution in [0.25, 0.3) is 6.08 Å². The molecule has 1 saturated heterocycles. The van der Waals surface area contributed by atoms with E-state index in [-0.39, 0.29) is 30.9 Å². The quantitative estimate of drug-likeness (QED) is 0.542. The summed E-state index contributed by atoms with van der Waals surface area (Å²) in [6.07, 6.45) is 5.19. The van der Waals surface area contributed by atoms with E-state index in [1.54, 1.807) is 22.7 Å². The van der Waals surface area contributed by atoms with Crippen LogP contribution < -0.4 is 0 Å². The van der Waals surface area contributed by atoms with Gasteiger partial charge in [-0.15, -0.1) is 0 Å². The Kier molecular flexibility index (Phi) is 7.01. The molecule has 0 spiro atoms. The van der Waals surface area contributed by atoms with Crippen LogP contribution in [0.5, 0.6) is 0 Å². The molecule has 0 bridgehead atoms. The summed E-state index contributed by atoms with van der Waals surface area (Å²) in [6, 6.07) is 0. The van der Waals surface area contributed by atoms with Crippen LogP contribution in [0.3, 0.4) is 0 Å². The molecule has 0 aliphatic carbocycles. The Labute approximate surface area is 152 Å². The first-order valence-electron chi connectivity index (χ1n) is 8.27. The molecule has 1 atom stereocenters. The largest absolute Gasteiger partial charge is 0.469 e. The Morgan fingerprint density at radius 2 is 2.28 bits per heavy atom. The molecule has 2 rings (SSSR count). The zero-order chi connectivity index (χ0) is 18.4. The molecule has 1 aliphatic rings. The van der Waals surface area contributed by atoms with Crippen molar-refractivity contribution in [2.75, 3.05) is 26.8 Å². The van der Waals surface area contributed by atoms with Crippen LogP contribution in [-0.2, 0) is 26.1 Å². The second-order valence-electron chi connectivity index (χ2n) is 5.99. The number of ether oxygens (including phenoxy) is 2. The highest BCUT2D eigenvalue weighted by Crippen LogP contribution is 2.20. The van der Waals surface area contributed by atoms with Crippen LogP contribution in [0.1, 0.15) is 30.5 Å². The molecule has 1 amide bonds. The summed E-state index contributed by atoms with van der Waals surface area (Å²) < 4.78 is 11.8. The van der Waals surface area contributed by atoms with E-state index in [1.807, 2.05) is 6.92 Å². The van der Waals surface area contributed by atoms with Gasteiger partial charge in [-0.2, -0.15) is 5.10 Å². The molecular weight excluding hydrogens is 346 g/mol. The van der Waals surface area contributed by atoms with Crippen LogP contribution in [0.4, 0.5) is 0 Å². The second kappa shape index (κ2) is 9.01. The maximum atomic E-state index is 12.6. The minimum Gasteiger partial charge on any atom is -0.469 e. The number of rotatable bonds is 7. The highest BCUT2D eigenvalue weighted by molar-refractivity contribution is 6.31. The SMILES string of the molecule is COC(=O)CCN(CC1CCCO1)C(=O)C=Cc1c(C)nn(C)c1Cl. The van der Waals surface area contributed by atoms with E-state index >= 15 is 0 Å². The van der Waals surface area contributed by atoms with E-state index in [4.69, 9.17) is 16.3 Å². The monoisotopic (exact) mass is 369 g/mol. The highest BCUT2D eigenvalue weighted by atomic mass is 35.5. The van der Waals surface area contributed by atoms with Crippen LogP contribution in [0.15, 0.2) is 6.08 Å². The van der Waals surface area contributed by atoms with Crippen molar-refractivity contribution in [3.8, 4) is 0 Å². The van der Waals surface area contributed by atoms with Gasteiger partial charge in [0.1, 0.15) is 5.15 Å². The van der Waals surface area contributed by atoms with Crippen molar-refractivity contribution in [1.82, 2.24) is 14.7 Å². The van der Waals surface area contributed by atoms with Gasteiger partial charge >= 0.3 is 5.97 Å². The Hall–Kier alpha value is -1.86. The number of nitrogens with zero attached hydrogens (tertiary/aromatic N) is 3. The fourth-order valence-corrected chi connectivity index (χ4v) is 2.99. The van der Waals surface area contributed by atoms with Crippen molar-refractivity contribution >= 4 is 29.6 Å². The van der Waals surface area contributed by atoms with Gasteiger partial charge in [-0.25, -0.2) is 0 Å². The van der Waals surface area contributed by atoms with Crippen molar-refractivity contribution < 1.29 is 19.1 Å². The molecule has 25 heavy (non-hydrogen) atoms. The van der Waals surface area contributed by atoms with E-state index in [9.17, 15) is 9.59 Å². The van der Waals surface area contributed by atoms with Crippen LogP contribution >= 0.6 is 11.6 Å². The highest BCUT2D eigenvalue weighted by Gasteiger charge is 2.22. The number of aromatic nitrogens is 2. The molecule has 1 aliphatic heterocycles. The molecule has 8 heteroatoms. The lowest BCUT2D eigenvalue weighted by Crippen LogP contribution is -2.37. The number of amides is 1. The molecule has 1 fully saturated rings. The summed E-state index contributed by atoms with van der Waals surface area (Å²) in [7, 11) is 3.08. The van der Waals surface area contributed by atoms with Gasteiger partial charge in [0, 0.05) is 38.4 Å². The molecule has 7 nitrogen and oxygen atoms in total. The normalized spacial score (nSPS) is 17.2. The first-order chi connectivity index (χ1) is 11.9. The van der Waals surface area contributed by atoms with Crippen LogP contribution in [0.2, 0.25) is 5.15 Å². The number of methoxy groups -OCH3 is 1. The minimum absolute atomic E-state index is 0.0127. The van der Waals surface area contributed by atoms with E-state index < -0.39 is 0 Å². The van der Waals surface area contributed by atoms with E-state index in [0.717, 1.165) is 18.5 Å². The Balaban J connectivity index is 2.06. The second-order valence-corrected chi connectivity index (χ2v) is 6.35. The summed E-state index contributed by atoms with van der Waals surface area (Å²) in [5, 5.41) is 4.69. The average Bonchev–Trinajstić information content (AvgIpc) is 3.18. The van der Waals surface area contributed by atoms with Gasteiger partial charge in [-0.3, -0.25) is 14.3 Å². The fourth-order valence-electron chi connectivity index (χ4n) is 2.75. The molecule has 1 aromatic heterocycles. The number of aryl methyl sites for hydroxylation is 2. The lowest BCUT2D eigenvalue weighted by atomic mass is 10.2. The molecule has 0 N–H and O–H groups in total. The molecule has 0 radical (unpaired) electrons. The van der Waals surface area contributed by atoms with Gasteiger partial charge < -0.3 is 14.4 Å². The number of halogens is 1. The average molecular weight is 370 g/mol. The molecule has 0 aromatic carbocycles. The van der Waals surface area contributed by atoms with Gasteiger partial charge in [-0.1, -0.05) is 11.6 Å². The topological polar surface area (TPSA) is 73.7 Å². The zero-order valence-corrected chi connectivity index (χ0v) is 15.6. The first-order valence-corrected chi connectivity index (χ1v) is 8.64. The lowest BCUT2D eigenvalue weighted by Gasteiger charge is -2.24. The van der Waals surface area contributed by atoms with Crippen LogP contribution in [0, 0.1) is 6.92 Å². The van der Waals surface area contributed by atoms with E-state index in [2.05, 4.69) is 9.84 Å². The first kappa shape index (κ1) is 19.5. The Morgan fingerprint density at radius 3 is 2.84 bits per heavy atom. The third kappa shape index (κ3) is 5.31. The standard InChI is InChI=1S/C17H24ClN3O4/c1-12-14(17(18)20(2)19-12)6-7-15(22)21(9-8-16(23)24-3)11-13-5-4-10-25-13/h6-7,13H,4-5,8-11H2,1-3H3. The summed E-state index contributed by atoms with van der Waals surface area (Å²) in [5.41, 5.74) is 1.46. The lowest BCUT2D eigenvalue weighted by molar-refractivity contribution is -0.141. The van der Waals surface area contributed by atoms with E-state index in [1.165, 1.54) is 13.2 Å². The summed E-state index contributed by atoms with van der Waals surface area (Å²) in [4.78, 5) is 25.6. The number of carbonyl (C=O) groups is 2. The van der Waals surface area contributed by atoms with Gasteiger partial charge in [0.25, 0.3) is 0 Å². The van der Waals surface area contributed by atoms with Gasteiger partial charge in [0.05, 0.1) is 25.3 Å². The van der Waals surface area contributed by atoms with Gasteiger partial charge in [-0.05, 0) is 25.8 Å². The molecule has 2 heterocycles. The minimum atomic E-state index is -0.347. The maximum Gasteiger partial charge on any atom is 0.307 e. The van der Waals surface area contributed by atoms with Crippen molar-refractivity contribution in [3.63, 3.8) is 0 Å². The molecule has 138 valence electrons. The third-order valence-electron chi connectivity index (χ3n) is 4.16. The number of hydrogen-bond donors (Lipinski definition) is 0. The number of hydrogen-bond acceptors (Lipinski definition) is 5. The Morgan fingerprint density at radius 1 is 1.52 bits per heavy atom. The Bertz CT molecular complexity index is 651. The van der Waals surface area contributed by atoms with Crippen molar-refractivity contribution in [3.05, 3.63) is 22.5 Å². The third-order valence-corrected chi connectivity index (χ3v) is 4.61. The molecule has 1 aromatic rings. The molecule has 0 saturated carbocycles. The van der Waals surface area contributed by atoms with E-state index in [0.29, 0.717) is 23.9 Å². The van der Waals surface area contributed by atoms with Crippen molar-refractivity contribution in [2.45, 2.75) is 32.3 Å². The maximum absolute atomic E-state index is 12.6. The smallest absolute Gasteiger partial charge is 0.307 e. The van der Waals surface area contributed by atoms with Gasteiger partial charge in [0.2, 0.25) is 5.91 Å². The van der Waals surface area contributed by atoms with Gasteiger partial charge in [0.15, 0.2) is 0 Å². The molecule has 1 unspecified atom stereocenters. The molecular formula is C17H24ClN3O4. The summed E-state index contributed by atoms with van der Waals surface area (Å²) in [5.74, 6) is -0.543. The summed E-state index contributed by atoms with van der Waals surface area (Å²) in [6.45, 7) is 3.29. The zero-order valence-electron chi connectivity index (χ0n) is 14.8.